The predicted octanol–water partition coefficient (Wildman–Crippen LogP) is 1.78. The van der Waals surface area contributed by atoms with E-state index < -0.39 is 34.0 Å². The lowest BCUT2D eigenvalue weighted by atomic mass is 10.2. The van der Waals surface area contributed by atoms with Gasteiger partial charge in [-0.3, -0.25) is 4.18 Å². The molecule has 0 aliphatic rings. The van der Waals surface area contributed by atoms with Crippen LogP contribution in [0.2, 0.25) is 0 Å². The van der Waals surface area contributed by atoms with Gasteiger partial charge in [-0.15, -0.1) is 0 Å². The molecule has 10 heteroatoms. The molecular formula is C17H26N2O7S. The molecule has 1 unspecified atom stereocenters. The summed E-state index contributed by atoms with van der Waals surface area (Å²) in [7, 11) is -3.79. The maximum atomic E-state index is 11.8. The average Bonchev–Trinajstić information content (AvgIpc) is 2.53. The second-order valence-electron chi connectivity index (χ2n) is 6.75. The van der Waals surface area contributed by atoms with Gasteiger partial charge in [0.1, 0.15) is 18.3 Å². The molecule has 0 heterocycles. The molecule has 0 saturated carbocycles. The predicted molar refractivity (Wildman–Crippen MR) is 98.6 cm³/mol. The molecule has 2 N–H and O–H groups in total. The summed E-state index contributed by atoms with van der Waals surface area (Å²) in [5.74, 6) is 0. The van der Waals surface area contributed by atoms with Crippen LogP contribution in [0.3, 0.4) is 0 Å². The summed E-state index contributed by atoms with van der Waals surface area (Å²) in [6, 6.07) is 9.07. The van der Waals surface area contributed by atoms with E-state index in [1.807, 2.05) is 18.2 Å². The molecule has 0 aromatic heterocycles. The van der Waals surface area contributed by atoms with Gasteiger partial charge in [-0.05, 0) is 26.3 Å². The normalized spacial score (nSPS) is 12.7. The molecule has 0 bridgehead atoms. The van der Waals surface area contributed by atoms with Crippen LogP contribution in [0.15, 0.2) is 30.3 Å². The fourth-order valence-electron chi connectivity index (χ4n) is 1.87. The van der Waals surface area contributed by atoms with E-state index in [-0.39, 0.29) is 19.7 Å². The summed E-state index contributed by atoms with van der Waals surface area (Å²) in [6.45, 7) is 4.79. The van der Waals surface area contributed by atoms with Crippen molar-refractivity contribution in [3.05, 3.63) is 35.9 Å². The highest BCUT2D eigenvalue weighted by atomic mass is 32.2. The molecule has 152 valence electrons. The van der Waals surface area contributed by atoms with E-state index in [1.54, 1.807) is 32.9 Å². The lowest BCUT2D eigenvalue weighted by Crippen LogP contribution is -2.43. The van der Waals surface area contributed by atoms with Crippen molar-refractivity contribution >= 4 is 22.3 Å². The van der Waals surface area contributed by atoms with E-state index in [0.717, 1.165) is 11.8 Å². The van der Waals surface area contributed by atoms with Crippen LogP contribution in [0.1, 0.15) is 26.3 Å². The maximum Gasteiger partial charge on any atom is 0.407 e. The van der Waals surface area contributed by atoms with Crippen LogP contribution >= 0.6 is 0 Å². The van der Waals surface area contributed by atoms with Gasteiger partial charge in [0.15, 0.2) is 0 Å². The zero-order valence-electron chi connectivity index (χ0n) is 15.9. The molecule has 0 saturated heterocycles. The molecular weight excluding hydrogens is 376 g/mol. The minimum Gasteiger partial charge on any atom is -0.445 e. The van der Waals surface area contributed by atoms with Gasteiger partial charge in [0.2, 0.25) is 0 Å². The van der Waals surface area contributed by atoms with E-state index in [2.05, 4.69) is 10.6 Å². The van der Waals surface area contributed by atoms with E-state index >= 15 is 0 Å². The van der Waals surface area contributed by atoms with E-state index in [4.69, 9.17) is 13.7 Å². The fraction of sp³-hybridized carbons (Fsp3) is 0.529. The van der Waals surface area contributed by atoms with Crippen LogP contribution in [-0.2, 0) is 30.4 Å². The Morgan fingerprint density at radius 2 is 1.59 bits per heavy atom. The summed E-state index contributed by atoms with van der Waals surface area (Å²) >= 11 is 0. The van der Waals surface area contributed by atoms with Crippen LogP contribution in [0, 0.1) is 0 Å². The number of hydrogen-bond acceptors (Lipinski definition) is 7. The van der Waals surface area contributed by atoms with Gasteiger partial charge in [-0.25, -0.2) is 9.59 Å². The quantitative estimate of drug-likeness (QED) is 0.636. The first-order valence-corrected chi connectivity index (χ1v) is 10.1. The molecule has 27 heavy (non-hydrogen) atoms. The lowest BCUT2D eigenvalue weighted by molar-refractivity contribution is 0.0502. The topological polar surface area (TPSA) is 120 Å². The third-order valence-corrected chi connectivity index (χ3v) is 3.49. The molecule has 1 atom stereocenters. The SMILES string of the molecule is CC(C)(C)OC(=O)NCC(CNC(=O)OCc1ccccc1)OS(C)(=O)=O. The summed E-state index contributed by atoms with van der Waals surface area (Å²) < 4.78 is 37.7. The Morgan fingerprint density at radius 3 is 2.11 bits per heavy atom. The van der Waals surface area contributed by atoms with Gasteiger partial charge in [-0.1, -0.05) is 30.3 Å². The average molecular weight is 402 g/mol. The Labute approximate surface area is 159 Å². The molecule has 1 rings (SSSR count). The summed E-state index contributed by atoms with van der Waals surface area (Å²) in [6.07, 6.45) is -1.60. The largest absolute Gasteiger partial charge is 0.445 e. The van der Waals surface area contributed by atoms with Crippen molar-refractivity contribution in [2.24, 2.45) is 0 Å². The van der Waals surface area contributed by atoms with Gasteiger partial charge in [0, 0.05) is 0 Å². The number of alkyl carbamates (subject to hydrolysis) is 2. The van der Waals surface area contributed by atoms with Gasteiger partial charge in [0.25, 0.3) is 10.1 Å². The Kier molecular flexibility index (Phi) is 8.51. The number of carbonyl (C=O) groups is 2. The zero-order chi connectivity index (χ0) is 20.5. The molecule has 0 spiro atoms. The van der Waals surface area contributed by atoms with Crippen LogP contribution in [0.25, 0.3) is 0 Å². The molecule has 0 radical (unpaired) electrons. The van der Waals surface area contributed by atoms with Crippen LogP contribution in [0.5, 0.6) is 0 Å². The third-order valence-electron chi connectivity index (χ3n) is 2.87. The fourth-order valence-corrected chi connectivity index (χ4v) is 2.50. The number of hydrogen-bond donors (Lipinski definition) is 2. The minimum atomic E-state index is -3.79. The first kappa shape index (κ1) is 22.7. The number of benzene rings is 1. The van der Waals surface area contributed by atoms with Crippen molar-refractivity contribution in [3.8, 4) is 0 Å². The van der Waals surface area contributed by atoms with E-state index in [9.17, 15) is 18.0 Å². The van der Waals surface area contributed by atoms with Crippen molar-refractivity contribution in [3.63, 3.8) is 0 Å². The van der Waals surface area contributed by atoms with Crippen LogP contribution in [-0.4, -0.2) is 51.7 Å². The second kappa shape index (κ2) is 10.1. The summed E-state index contributed by atoms with van der Waals surface area (Å²) in [4.78, 5) is 23.4. The smallest absolute Gasteiger partial charge is 0.407 e. The van der Waals surface area contributed by atoms with E-state index in [0.29, 0.717) is 0 Å². The highest BCUT2D eigenvalue weighted by Gasteiger charge is 2.21. The van der Waals surface area contributed by atoms with Crippen molar-refractivity contribution in [1.82, 2.24) is 10.6 Å². The Morgan fingerprint density at radius 1 is 1.04 bits per heavy atom. The minimum absolute atomic E-state index is 0.0699. The highest BCUT2D eigenvalue weighted by Crippen LogP contribution is 2.07. The number of ether oxygens (including phenoxy) is 2. The molecule has 2 amide bonds. The highest BCUT2D eigenvalue weighted by molar-refractivity contribution is 7.86. The molecule has 0 aliphatic carbocycles. The Hall–Kier alpha value is -2.33. The molecule has 1 aromatic rings. The maximum absolute atomic E-state index is 11.8. The van der Waals surface area contributed by atoms with Gasteiger partial charge in [0.05, 0.1) is 19.3 Å². The Bertz CT molecular complexity index is 715. The van der Waals surface area contributed by atoms with Gasteiger partial charge < -0.3 is 20.1 Å². The zero-order valence-corrected chi connectivity index (χ0v) is 16.7. The summed E-state index contributed by atoms with van der Waals surface area (Å²) in [5, 5.41) is 4.81. The lowest BCUT2D eigenvalue weighted by Gasteiger charge is -2.22. The van der Waals surface area contributed by atoms with Crippen molar-refractivity contribution in [2.75, 3.05) is 19.3 Å². The number of carbonyl (C=O) groups excluding carboxylic acids is 2. The second-order valence-corrected chi connectivity index (χ2v) is 8.35. The van der Waals surface area contributed by atoms with Crippen LogP contribution in [0.4, 0.5) is 9.59 Å². The van der Waals surface area contributed by atoms with Crippen LogP contribution < -0.4 is 10.6 Å². The number of rotatable bonds is 8. The van der Waals surface area contributed by atoms with Crippen molar-refractivity contribution in [2.45, 2.75) is 39.1 Å². The van der Waals surface area contributed by atoms with Gasteiger partial charge >= 0.3 is 12.2 Å². The van der Waals surface area contributed by atoms with Crippen molar-refractivity contribution in [1.29, 1.82) is 0 Å². The Balaban J connectivity index is 2.48. The van der Waals surface area contributed by atoms with Gasteiger partial charge in [-0.2, -0.15) is 8.42 Å². The first-order chi connectivity index (χ1) is 12.4. The molecule has 0 aliphatic heterocycles. The third kappa shape index (κ3) is 11.8. The molecule has 0 fully saturated rings. The molecule has 9 nitrogen and oxygen atoms in total. The molecule has 1 aromatic carbocycles. The first-order valence-electron chi connectivity index (χ1n) is 8.24. The van der Waals surface area contributed by atoms with Crippen molar-refractivity contribution < 1.29 is 31.7 Å². The number of amides is 2. The summed E-state index contributed by atoms with van der Waals surface area (Å²) in [5.41, 5.74) is 0.111. The monoisotopic (exact) mass is 402 g/mol. The number of nitrogens with one attached hydrogen (secondary N) is 2. The van der Waals surface area contributed by atoms with E-state index in [1.165, 1.54) is 0 Å². The standard InChI is InChI=1S/C17H26N2O7S/c1-17(2,3)25-16(21)19-11-14(26-27(4,22)23)10-18-15(20)24-12-13-8-6-5-7-9-13/h5-9,14H,10-12H2,1-4H3,(H,18,20)(H,19,21).